The van der Waals surface area contributed by atoms with Gasteiger partial charge < -0.3 is 4.90 Å². The van der Waals surface area contributed by atoms with E-state index in [-0.39, 0.29) is 27.6 Å². The summed E-state index contributed by atoms with van der Waals surface area (Å²) in [6.45, 7) is 0.833. The van der Waals surface area contributed by atoms with E-state index in [1.54, 1.807) is 18.2 Å². The SMILES string of the molecule is CN(Cc1c(F)cccc1Cl)C(=O)c1ccccc1S(=O)(=O)N1CCCCC1. The second-order valence-corrected chi connectivity index (χ2v) is 9.14. The van der Waals surface area contributed by atoms with Gasteiger partial charge in [0, 0.05) is 37.3 Å². The Morgan fingerprint density at radius 3 is 2.46 bits per heavy atom. The standard InChI is InChI=1S/C20H22ClFN2O3S/c1-23(14-16-17(21)9-7-10-18(16)22)20(25)15-8-3-4-11-19(15)28(26,27)24-12-5-2-6-13-24/h3-4,7-11H,2,5-6,12-14H2,1H3. The Balaban J connectivity index is 1.90. The summed E-state index contributed by atoms with van der Waals surface area (Å²) in [4.78, 5) is 14.3. The highest BCUT2D eigenvalue weighted by atomic mass is 35.5. The van der Waals surface area contributed by atoms with E-state index in [1.165, 1.54) is 40.5 Å². The monoisotopic (exact) mass is 424 g/mol. The lowest BCUT2D eigenvalue weighted by Crippen LogP contribution is -2.37. The van der Waals surface area contributed by atoms with Crippen molar-refractivity contribution in [1.29, 1.82) is 0 Å². The fourth-order valence-corrected chi connectivity index (χ4v) is 5.23. The minimum absolute atomic E-state index is 0.0200. The first-order valence-electron chi connectivity index (χ1n) is 9.10. The molecule has 0 spiro atoms. The van der Waals surface area contributed by atoms with Crippen LogP contribution in [0.5, 0.6) is 0 Å². The van der Waals surface area contributed by atoms with Gasteiger partial charge in [-0.25, -0.2) is 12.8 Å². The molecule has 1 aliphatic rings. The molecule has 150 valence electrons. The maximum absolute atomic E-state index is 14.1. The van der Waals surface area contributed by atoms with Gasteiger partial charge in [-0.1, -0.05) is 36.2 Å². The molecule has 0 N–H and O–H groups in total. The van der Waals surface area contributed by atoms with Gasteiger partial charge in [0.15, 0.2) is 0 Å². The number of hydrogen-bond donors (Lipinski definition) is 0. The van der Waals surface area contributed by atoms with Crippen LogP contribution in [0.4, 0.5) is 4.39 Å². The van der Waals surface area contributed by atoms with Gasteiger partial charge >= 0.3 is 0 Å². The Kier molecular flexibility index (Phi) is 6.37. The van der Waals surface area contributed by atoms with E-state index in [0.717, 1.165) is 19.3 Å². The van der Waals surface area contributed by atoms with E-state index in [9.17, 15) is 17.6 Å². The third-order valence-corrected chi connectivity index (χ3v) is 7.16. The van der Waals surface area contributed by atoms with Gasteiger partial charge in [0.1, 0.15) is 5.82 Å². The summed E-state index contributed by atoms with van der Waals surface area (Å²) in [7, 11) is -2.28. The highest BCUT2D eigenvalue weighted by Gasteiger charge is 2.30. The van der Waals surface area contributed by atoms with Crippen LogP contribution in [0, 0.1) is 5.82 Å². The fourth-order valence-electron chi connectivity index (χ4n) is 3.31. The third-order valence-electron chi connectivity index (χ3n) is 4.85. The normalized spacial score (nSPS) is 15.4. The molecule has 2 aromatic rings. The average Bonchev–Trinajstić information content (AvgIpc) is 2.71. The third kappa shape index (κ3) is 4.21. The van der Waals surface area contributed by atoms with Crippen molar-refractivity contribution < 1.29 is 17.6 Å². The van der Waals surface area contributed by atoms with Crippen LogP contribution in [-0.4, -0.2) is 43.7 Å². The van der Waals surface area contributed by atoms with Crippen molar-refractivity contribution in [2.45, 2.75) is 30.7 Å². The quantitative estimate of drug-likeness (QED) is 0.730. The van der Waals surface area contributed by atoms with Crippen molar-refractivity contribution in [3.63, 3.8) is 0 Å². The lowest BCUT2D eigenvalue weighted by atomic mass is 10.1. The zero-order valence-electron chi connectivity index (χ0n) is 15.6. The van der Waals surface area contributed by atoms with E-state index in [0.29, 0.717) is 13.1 Å². The Morgan fingerprint density at radius 2 is 1.79 bits per heavy atom. The van der Waals surface area contributed by atoms with E-state index >= 15 is 0 Å². The lowest BCUT2D eigenvalue weighted by Gasteiger charge is -2.27. The van der Waals surface area contributed by atoms with Gasteiger partial charge in [0.2, 0.25) is 10.0 Å². The van der Waals surface area contributed by atoms with Gasteiger partial charge in [-0.2, -0.15) is 4.31 Å². The highest BCUT2D eigenvalue weighted by molar-refractivity contribution is 7.89. The predicted octanol–water partition coefficient (Wildman–Crippen LogP) is 3.93. The molecule has 0 atom stereocenters. The highest BCUT2D eigenvalue weighted by Crippen LogP contribution is 2.26. The van der Waals surface area contributed by atoms with Crippen LogP contribution >= 0.6 is 11.6 Å². The van der Waals surface area contributed by atoms with Crippen molar-refractivity contribution in [3.8, 4) is 0 Å². The number of nitrogens with zero attached hydrogens (tertiary/aromatic N) is 2. The molecular formula is C20H22ClFN2O3S. The number of halogens is 2. The molecule has 1 saturated heterocycles. The molecule has 28 heavy (non-hydrogen) atoms. The number of piperidine rings is 1. The topological polar surface area (TPSA) is 57.7 Å². The summed E-state index contributed by atoms with van der Waals surface area (Å²) in [5, 5.41) is 0.217. The summed E-state index contributed by atoms with van der Waals surface area (Å²) < 4.78 is 41.6. The molecule has 1 amide bonds. The van der Waals surface area contributed by atoms with E-state index < -0.39 is 21.7 Å². The molecule has 0 unspecified atom stereocenters. The summed E-state index contributed by atoms with van der Waals surface area (Å²) in [6.07, 6.45) is 2.61. The van der Waals surface area contributed by atoms with Crippen LogP contribution in [0.1, 0.15) is 35.2 Å². The zero-order chi connectivity index (χ0) is 20.3. The second-order valence-electron chi connectivity index (χ2n) is 6.82. The summed E-state index contributed by atoms with van der Waals surface area (Å²) >= 11 is 6.05. The minimum Gasteiger partial charge on any atom is -0.337 e. The lowest BCUT2D eigenvalue weighted by molar-refractivity contribution is 0.0780. The first kappa shape index (κ1) is 20.8. The van der Waals surface area contributed by atoms with Gasteiger partial charge in [-0.05, 0) is 37.1 Å². The Bertz CT molecular complexity index is 955. The molecule has 0 aromatic heterocycles. The van der Waals surface area contributed by atoms with Crippen LogP contribution in [0.2, 0.25) is 5.02 Å². The van der Waals surface area contributed by atoms with Crippen molar-refractivity contribution in [1.82, 2.24) is 9.21 Å². The number of sulfonamides is 1. The number of rotatable bonds is 5. The Labute approximate surface area is 169 Å². The van der Waals surface area contributed by atoms with Crippen LogP contribution in [0.15, 0.2) is 47.4 Å². The van der Waals surface area contributed by atoms with Gasteiger partial charge in [0.25, 0.3) is 5.91 Å². The Morgan fingerprint density at radius 1 is 1.11 bits per heavy atom. The molecule has 1 aliphatic heterocycles. The first-order valence-corrected chi connectivity index (χ1v) is 10.9. The number of benzene rings is 2. The molecule has 1 heterocycles. The number of carbonyl (C=O) groups is 1. The zero-order valence-corrected chi connectivity index (χ0v) is 17.1. The molecule has 5 nitrogen and oxygen atoms in total. The van der Waals surface area contributed by atoms with E-state index in [2.05, 4.69) is 0 Å². The predicted molar refractivity (Wildman–Crippen MR) is 106 cm³/mol. The summed E-state index contributed by atoms with van der Waals surface area (Å²) in [6, 6.07) is 10.5. The fraction of sp³-hybridized carbons (Fsp3) is 0.350. The van der Waals surface area contributed by atoms with Gasteiger partial charge in [-0.15, -0.1) is 0 Å². The molecule has 1 fully saturated rings. The average molecular weight is 425 g/mol. The van der Waals surface area contributed by atoms with Gasteiger partial charge in [-0.3, -0.25) is 4.79 Å². The molecular weight excluding hydrogens is 403 g/mol. The molecule has 0 saturated carbocycles. The summed E-state index contributed by atoms with van der Waals surface area (Å²) in [5.41, 5.74) is 0.263. The second kappa shape index (κ2) is 8.59. The smallest absolute Gasteiger partial charge is 0.255 e. The summed E-state index contributed by atoms with van der Waals surface area (Å²) in [5.74, 6) is -1.02. The number of hydrogen-bond acceptors (Lipinski definition) is 3. The van der Waals surface area contributed by atoms with Gasteiger partial charge in [0.05, 0.1) is 10.5 Å². The van der Waals surface area contributed by atoms with Crippen LogP contribution in [0.3, 0.4) is 0 Å². The number of carbonyl (C=O) groups excluding carboxylic acids is 1. The van der Waals surface area contributed by atoms with Crippen LogP contribution in [-0.2, 0) is 16.6 Å². The van der Waals surface area contributed by atoms with Crippen molar-refractivity contribution in [2.24, 2.45) is 0 Å². The van der Waals surface area contributed by atoms with Crippen molar-refractivity contribution in [2.75, 3.05) is 20.1 Å². The maximum atomic E-state index is 14.1. The van der Waals surface area contributed by atoms with E-state index in [4.69, 9.17) is 11.6 Å². The molecule has 0 radical (unpaired) electrons. The van der Waals surface area contributed by atoms with E-state index in [1.807, 2.05) is 0 Å². The van der Waals surface area contributed by atoms with Crippen LogP contribution in [0.25, 0.3) is 0 Å². The minimum atomic E-state index is -3.77. The molecule has 8 heteroatoms. The van der Waals surface area contributed by atoms with Crippen LogP contribution < -0.4 is 0 Å². The molecule has 2 aromatic carbocycles. The molecule has 0 bridgehead atoms. The van der Waals surface area contributed by atoms with Crippen molar-refractivity contribution >= 4 is 27.5 Å². The Hall–Kier alpha value is -1.96. The maximum Gasteiger partial charge on any atom is 0.255 e. The first-order chi connectivity index (χ1) is 13.3. The number of amides is 1. The molecule has 3 rings (SSSR count). The van der Waals surface area contributed by atoms with Crippen molar-refractivity contribution in [3.05, 3.63) is 64.4 Å². The largest absolute Gasteiger partial charge is 0.337 e. The molecule has 0 aliphatic carbocycles.